The van der Waals surface area contributed by atoms with Crippen LogP contribution < -0.4 is 9.46 Å². The van der Waals surface area contributed by atoms with E-state index in [2.05, 4.69) is 9.71 Å². The van der Waals surface area contributed by atoms with Gasteiger partial charge in [-0.05, 0) is 24.6 Å². The summed E-state index contributed by atoms with van der Waals surface area (Å²) in [7, 11) is -2.32. The van der Waals surface area contributed by atoms with Gasteiger partial charge in [-0.15, -0.1) is 11.3 Å². The molecule has 0 saturated carbocycles. The lowest BCUT2D eigenvalue weighted by Gasteiger charge is -2.11. The number of hydrogen-bond acceptors (Lipinski definition) is 6. The Morgan fingerprint density at radius 3 is 2.76 bits per heavy atom. The van der Waals surface area contributed by atoms with Gasteiger partial charge < -0.3 is 9.84 Å². The minimum Gasteiger partial charge on any atom is -0.495 e. The van der Waals surface area contributed by atoms with Crippen molar-refractivity contribution in [3.05, 3.63) is 39.8 Å². The largest absolute Gasteiger partial charge is 0.495 e. The van der Waals surface area contributed by atoms with E-state index in [1.165, 1.54) is 30.6 Å². The average molecular weight is 328 g/mol. The second-order valence-electron chi connectivity index (χ2n) is 4.35. The van der Waals surface area contributed by atoms with Crippen LogP contribution in [0, 0.1) is 6.92 Å². The van der Waals surface area contributed by atoms with Crippen LogP contribution in [-0.2, 0) is 23.2 Å². The molecule has 1 aromatic heterocycles. The van der Waals surface area contributed by atoms with E-state index in [-0.39, 0.29) is 23.8 Å². The van der Waals surface area contributed by atoms with Crippen LogP contribution >= 0.6 is 11.3 Å². The van der Waals surface area contributed by atoms with Gasteiger partial charge in [0.25, 0.3) is 0 Å². The van der Waals surface area contributed by atoms with E-state index in [0.29, 0.717) is 10.6 Å². The number of aryl methyl sites for hydroxylation is 1. The molecule has 0 aliphatic carbocycles. The Balaban J connectivity index is 2.22. The summed E-state index contributed by atoms with van der Waals surface area (Å²) in [6.45, 7) is 1.80. The number of hydrogen-bond donors (Lipinski definition) is 2. The highest BCUT2D eigenvalue weighted by Crippen LogP contribution is 2.25. The maximum Gasteiger partial charge on any atom is 0.244 e. The summed E-state index contributed by atoms with van der Waals surface area (Å²) in [5.41, 5.74) is 1.44. The molecule has 6 nitrogen and oxygen atoms in total. The molecule has 0 aliphatic rings. The molecule has 0 bridgehead atoms. The molecule has 21 heavy (non-hydrogen) atoms. The van der Waals surface area contributed by atoms with Crippen LogP contribution in [0.2, 0.25) is 0 Å². The van der Waals surface area contributed by atoms with Crippen molar-refractivity contribution in [2.45, 2.75) is 25.0 Å². The van der Waals surface area contributed by atoms with Crippen molar-refractivity contribution >= 4 is 21.4 Å². The van der Waals surface area contributed by atoms with Crippen molar-refractivity contribution in [1.29, 1.82) is 0 Å². The predicted molar refractivity (Wildman–Crippen MR) is 79.8 cm³/mol. The monoisotopic (exact) mass is 328 g/mol. The number of rotatable bonds is 6. The third-order valence-corrected chi connectivity index (χ3v) is 5.19. The Morgan fingerprint density at radius 1 is 1.43 bits per heavy atom. The molecule has 2 N–H and O–H groups in total. The molecule has 0 amide bonds. The predicted octanol–water partition coefficient (Wildman–Crippen LogP) is 1.43. The second kappa shape index (κ2) is 6.52. The number of aliphatic hydroxyl groups excluding tert-OH is 1. The first-order valence-corrected chi connectivity index (χ1v) is 8.51. The summed E-state index contributed by atoms with van der Waals surface area (Å²) >= 11 is 1.40. The molecule has 0 saturated heterocycles. The van der Waals surface area contributed by atoms with Crippen LogP contribution in [0.25, 0.3) is 0 Å². The molecule has 1 aromatic carbocycles. The topological polar surface area (TPSA) is 88.5 Å². The highest BCUT2D eigenvalue weighted by Gasteiger charge is 2.20. The zero-order chi connectivity index (χ0) is 15.5. The molecule has 0 spiro atoms. The Morgan fingerprint density at radius 2 is 2.19 bits per heavy atom. The van der Waals surface area contributed by atoms with Gasteiger partial charge in [0.1, 0.15) is 15.7 Å². The minimum atomic E-state index is -3.71. The summed E-state index contributed by atoms with van der Waals surface area (Å²) < 4.78 is 32.2. The van der Waals surface area contributed by atoms with E-state index >= 15 is 0 Å². The molecule has 2 aromatic rings. The lowest BCUT2D eigenvalue weighted by atomic mass is 10.2. The van der Waals surface area contributed by atoms with Gasteiger partial charge in [0.2, 0.25) is 10.0 Å². The van der Waals surface area contributed by atoms with E-state index in [9.17, 15) is 8.42 Å². The fraction of sp³-hybridized carbons (Fsp3) is 0.308. The molecule has 114 valence electrons. The third-order valence-electron chi connectivity index (χ3n) is 2.78. The number of benzene rings is 1. The SMILES string of the molecule is COc1cc(CO)ccc1S(=O)(=O)NCc1nc(C)cs1. The van der Waals surface area contributed by atoms with Gasteiger partial charge in [-0.1, -0.05) is 6.07 Å². The smallest absolute Gasteiger partial charge is 0.244 e. The number of sulfonamides is 1. The minimum absolute atomic E-state index is 0.0375. The molecule has 0 atom stereocenters. The van der Waals surface area contributed by atoms with Crippen molar-refractivity contribution in [3.8, 4) is 5.75 Å². The average Bonchev–Trinajstić information content (AvgIpc) is 2.90. The summed E-state index contributed by atoms with van der Waals surface area (Å²) in [4.78, 5) is 4.24. The van der Waals surface area contributed by atoms with E-state index in [1.807, 2.05) is 12.3 Å². The van der Waals surface area contributed by atoms with Crippen molar-refractivity contribution in [2.24, 2.45) is 0 Å². The Hall–Kier alpha value is -1.48. The van der Waals surface area contributed by atoms with Crippen LogP contribution in [0.5, 0.6) is 5.75 Å². The molecular weight excluding hydrogens is 312 g/mol. The normalized spacial score (nSPS) is 11.6. The lowest BCUT2D eigenvalue weighted by molar-refractivity contribution is 0.280. The van der Waals surface area contributed by atoms with Crippen molar-refractivity contribution in [3.63, 3.8) is 0 Å². The molecule has 0 radical (unpaired) electrons. The number of ether oxygens (including phenoxy) is 1. The van der Waals surface area contributed by atoms with Crippen LogP contribution in [0.3, 0.4) is 0 Å². The number of aromatic nitrogens is 1. The Labute approximate surface area is 127 Å². The molecule has 0 aliphatic heterocycles. The van der Waals surface area contributed by atoms with Crippen molar-refractivity contribution in [1.82, 2.24) is 9.71 Å². The third kappa shape index (κ3) is 3.79. The highest BCUT2D eigenvalue weighted by atomic mass is 32.2. The Kier molecular flexibility index (Phi) is 4.94. The maximum absolute atomic E-state index is 12.3. The van der Waals surface area contributed by atoms with Crippen molar-refractivity contribution in [2.75, 3.05) is 7.11 Å². The summed E-state index contributed by atoms with van der Waals surface area (Å²) in [5, 5.41) is 11.6. The van der Waals surface area contributed by atoms with Crippen LogP contribution in [0.1, 0.15) is 16.3 Å². The zero-order valence-corrected chi connectivity index (χ0v) is 13.3. The number of nitrogens with one attached hydrogen (secondary N) is 1. The van der Waals surface area contributed by atoms with E-state index < -0.39 is 10.0 Å². The van der Waals surface area contributed by atoms with Gasteiger partial charge in [-0.25, -0.2) is 18.1 Å². The highest BCUT2D eigenvalue weighted by molar-refractivity contribution is 7.89. The van der Waals surface area contributed by atoms with Gasteiger partial charge in [-0.3, -0.25) is 0 Å². The number of aliphatic hydroxyl groups is 1. The number of thiazole rings is 1. The standard InChI is InChI=1S/C13H16N2O4S2/c1-9-8-20-13(15-9)6-14-21(17,18)12-4-3-10(7-16)5-11(12)19-2/h3-5,8,14,16H,6-7H2,1-2H3. The van der Waals surface area contributed by atoms with Gasteiger partial charge in [0.05, 0.1) is 20.3 Å². The van der Waals surface area contributed by atoms with Crippen LogP contribution in [-0.4, -0.2) is 25.6 Å². The van der Waals surface area contributed by atoms with Gasteiger partial charge in [0, 0.05) is 11.1 Å². The first-order valence-electron chi connectivity index (χ1n) is 6.14. The molecule has 0 fully saturated rings. The molecular formula is C13H16N2O4S2. The van der Waals surface area contributed by atoms with Gasteiger partial charge >= 0.3 is 0 Å². The quantitative estimate of drug-likeness (QED) is 0.837. The molecule has 8 heteroatoms. The van der Waals surface area contributed by atoms with Crippen molar-refractivity contribution < 1.29 is 18.3 Å². The molecule has 2 rings (SSSR count). The van der Waals surface area contributed by atoms with Gasteiger partial charge in [0.15, 0.2) is 0 Å². The number of methoxy groups -OCH3 is 1. The summed E-state index contributed by atoms with van der Waals surface area (Å²) in [6.07, 6.45) is 0. The molecule has 0 unspecified atom stereocenters. The first kappa shape index (κ1) is 15.9. The Bertz CT molecular complexity index is 726. The van der Waals surface area contributed by atoms with E-state index in [4.69, 9.17) is 9.84 Å². The van der Waals surface area contributed by atoms with Gasteiger partial charge in [-0.2, -0.15) is 0 Å². The first-order chi connectivity index (χ1) is 9.96. The van der Waals surface area contributed by atoms with Crippen LogP contribution in [0.15, 0.2) is 28.5 Å². The van der Waals surface area contributed by atoms with Crippen LogP contribution in [0.4, 0.5) is 0 Å². The summed E-state index contributed by atoms with van der Waals surface area (Å²) in [5.74, 6) is 0.198. The fourth-order valence-corrected chi connectivity index (χ4v) is 3.69. The molecule has 1 heterocycles. The van der Waals surface area contributed by atoms with E-state index in [1.54, 1.807) is 6.07 Å². The number of nitrogens with zero attached hydrogens (tertiary/aromatic N) is 1. The fourth-order valence-electron chi connectivity index (χ4n) is 1.75. The van der Waals surface area contributed by atoms with E-state index in [0.717, 1.165) is 5.69 Å². The maximum atomic E-state index is 12.3. The lowest BCUT2D eigenvalue weighted by Crippen LogP contribution is -2.23. The summed E-state index contributed by atoms with van der Waals surface area (Å²) in [6, 6.07) is 4.46. The second-order valence-corrected chi connectivity index (χ2v) is 7.03. The zero-order valence-electron chi connectivity index (χ0n) is 11.7.